The Bertz CT molecular complexity index is 369. The van der Waals surface area contributed by atoms with Crippen LogP contribution in [0.3, 0.4) is 0 Å². The van der Waals surface area contributed by atoms with Gasteiger partial charge in [-0.2, -0.15) is 5.10 Å². The third-order valence-corrected chi connectivity index (χ3v) is 1.92. The zero-order chi connectivity index (χ0) is 7.84. The lowest BCUT2D eigenvalue weighted by Crippen LogP contribution is -1.84. The van der Waals surface area contributed by atoms with Gasteiger partial charge in [-0.3, -0.25) is 0 Å². The summed E-state index contributed by atoms with van der Waals surface area (Å²) in [7, 11) is 2.02. The number of rotatable bonds is 1. The van der Waals surface area contributed by atoms with E-state index in [-0.39, 0.29) is 0 Å². The highest BCUT2D eigenvalue weighted by Crippen LogP contribution is 2.06. The predicted octanol–water partition coefficient (Wildman–Crippen LogP) is 1.24. The first-order valence-corrected chi connectivity index (χ1v) is 3.81. The Balaban J connectivity index is 2.70. The first kappa shape index (κ1) is 6.46. The number of nitrogens with zero attached hydrogens (tertiary/aromatic N) is 3. The van der Waals surface area contributed by atoms with Crippen LogP contribution in [-0.4, -0.2) is 14.2 Å². The molecule has 3 heteroatoms. The Labute approximate surface area is 65.3 Å². The van der Waals surface area contributed by atoms with E-state index in [0.717, 1.165) is 17.8 Å². The summed E-state index contributed by atoms with van der Waals surface area (Å²) in [5, 5.41) is 4.35. The van der Waals surface area contributed by atoms with Gasteiger partial charge >= 0.3 is 0 Å². The highest BCUT2D eigenvalue weighted by atomic mass is 15.3. The molecular formula is C8H11N3. The average Bonchev–Trinajstić information content (AvgIpc) is 2.53. The lowest BCUT2D eigenvalue weighted by Gasteiger charge is -1.85. The fourth-order valence-corrected chi connectivity index (χ4v) is 1.22. The van der Waals surface area contributed by atoms with E-state index >= 15 is 0 Å². The molecular weight excluding hydrogens is 138 g/mol. The number of hydrogen-bond donors (Lipinski definition) is 0. The van der Waals surface area contributed by atoms with E-state index in [9.17, 15) is 0 Å². The second-order valence-corrected chi connectivity index (χ2v) is 2.70. The summed E-state index contributed by atoms with van der Waals surface area (Å²) in [6, 6.07) is 2.11. The quantitative estimate of drug-likeness (QED) is 0.598. The van der Waals surface area contributed by atoms with Crippen molar-refractivity contribution in [3.8, 4) is 0 Å². The van der Waals surface area contributed by atoms with Crippen LogP contribution in [0.15, 0.2) is 18.5 Å². The molecule has 0 atom stereocenters. The van der Waals surface area contributed by atoms with Gasteiger partial charge < -0.3 is 4.57 Å². The standard InChI is InChI=1S/C8H11N3/c1-3-7-6-8-10(2)4-5-11(8)9-7/h4-6H,3H2,1-2H3. The highest BCUT2D eigenvalue weighted by Gasteiger charge is 2.00. The molecule has 0 N–H and O–H groups in total. The van der Waals surface area contributed by atoms with Crippen molar-refractivity contribution in [3.05, 3.63) is 24.2 Å². The summed E-state index contributed by atoms with van der Waals surface area (Å²) < 4.78 is 3.96. The molecule has 0 aliphatic rings. The fraction of sp³-hybridized carbons (Fsp3) is 0.375. The third kappa shape index (κ3) is 0.843. The van der Waals surface area contributed by atoms with Gasteiger partial charge in [-0.15, -0.1) is 0 Å². The van der Waals surface area contributed by atoms with E-state index in [1.165, 1.54) is 0 Å². The van der Waals surface area contributed by atoms with E-state index in [0.29, 0.717) is 0 Å². The maximum absolute atomic E-state index is 4.35. The molecule has 2 rings (SSSR count). The van der Waals surface area contributed by atoms with Gasteiger partial charge in [0.05, 0.1) is 5.69 Å². The molecule has 0 bridgehead atoms. The largest absolute Gasteiger partial charge is 0.334 e. The van der Waals surface area contributed by atoms with Crippen LogP contribution in [0, 0.1) is 0 Å². The van der Waals surface area contributed by atoms with Gasteiger partial charge in [0, 0.05) is 25.5 Å². The highest BCUT2D eigenvalue weighted by molar-refractivity contribution is 5.40. The molecule has 2 aromatic rings. The smallest absolute Gasteiger partial charge is 0.135 e. The van der Waals surface area contributed by atoms with Crippen molar-refractivity contribution >= 4 is 5.65 Å². The summed E-state index contributed by atoms with van der Waals surface area (Å²) in [5.74, 6) is 0. The van der Waals surface area contributed by atoms with Gasteiger partial charge in [0.15, 0.2) is 0 Å². The second-order valence-electron chi connectivity index (χ2n) is 2.70. The fourth-order valence-electron chi connectivity index (χ4n) is 1.22. The first-order valence-electron chi connectivity index (χ1n) is 3.81. The molecule has 0 spiro atoms. The van der Waals surface area contributed by atoms with Crippen LogP contribution in [0.4, 0.5) is 0 Å². The molecule has 0 saturated heterocycles. The van der Waals surface area contributed by atoms with Gasteiger partial charge in [0.2, 0.25) is 0 Å². The first-order chi connectivity index (χ1) is 5.31. The van der Waals surface area contributed by atoms with Crippen LogP contribution < -0.4 is 0 Å². The van der Waals surface area contributed by atoms with Crippen molar-refractivity contribution in [2.45, 2.75) is 13.3 Å². The van der Waals surface area contributed by atoms with E-state index in [1.807, 2.05) is 24.0 Å². The molecule has 0 aliphatic carbocycles. The number of aromatic nitrogens is 3. The molecule has 0 aromatic carbocycles. The number of hydrogen-bond acceptors (Lipinski definition) is 1. The maximum atomic E-state index is 4.35. The van der Waals surface area contributed by atoms with Crippen molar-refractivity contribution in [2.75, 3.05) is 0 Å². The normalized spacial score (nSPS) is 11.1. The number of aryl methyl sites for hydroxylation is 2. The molecule has 0 radical (unpaired) electrons. The molecule has 11 heavy (non-hydrogen) atoms. The minimum absolute atomic E-state index is 1.00. The molecule has 0 amide bonds. The summed E-state index contributed by atoms with van der Waals surface area (Å²) in [5.41, 5.74) is 2.30. The van der Waals surface area contributed by atoms with Gasteiger partial charge in [0.25, 0.3) is 0 Å². The minimum atomic E-state index is 1.00. The lowest BCUT2D eigenvalue weighted by molar-refractivity contribution is 0.895. The average molecular weight is 149 g/mol. The Kier molecular flexibility index (Phi) is 1.24. The van der Waals surface area contributed by atoms with Crippen LogP contribution >= 0.6 is 0 Å². The lowest BCUT2D eigenvalue weighted by atomic mass is 10.3. The topological polar surface area (TPSA) is 22.2 Å². The van der Waals surface area contributed by atoms with Crippen molar-refractivity contribution in [1.82, 2.24) is 14.2 Å². The molecule has 2 heterocycles. The van der Waals surface area contributed by atoms with Crippen molar-refractivity contribution < 1.29 is 0 Å². The van der Waals surface area contributed by atoms with E-state index in [4.69, 9.17) is 0 Å². The van der Waals surface area contributed by atoms with Gasteiger partial charge in [-0.1, -0.05) is 6.92 Å². The van der Waals surface area contributed by atoms with E-state index in [2.05, 4.69) is 22.7 Å². The van der Waals surface area contributed by atoms with Crippen LogP contribution in [-0.2, 0) is 13.5 Å². The Morgan fingerprint density at radius 1 is 1.45 bits per heavy atom. The van der Waals surface area contributed by atoms with Crippen LogP contribution in [0.1, 0.15) is 12.6 Å². The maximum Gasteiger partial charge on any atom is 0.135 e. The summed E-state index contributed by atoms with van der Waals surface area (Å²) >= 11 is 0. The SMILES string of the molecule is CCc1cc2n(C)ccn2n1. The molecule has 0 unspecified atom stereocenters. The monoisotopic (exact) mass is 149 g/mol. The molecule has 3 nitrogen and oxygen atoms in total. The molecule has 58 valence electrons. The zero-order valence-electron chi connectivity index (χ0n) is 6.78. The van der Waals surface area contributed by atoms with Gasteiger partial charge in [-0.05, 0) is 6.42 Å². The summed E-state index contributed by atoms with van der Waals surface area (Å²) in [4.78, 5) is 0. The van der Waals surface area contributed by atoms with E-state index in [1.54, 1.807) is 0 Å². The van der Waals surface area contributed by atoms with Crippen LogP contribution in [0.5, 0.6) is 0 Å². The molecule has 0 saturated carbocycles. The molecule has 0 fully saturated rings. The summed E-state index contributed by atoms with van der Waals surface area (Å²) in [6.45, 7) is 2.11. The molecule has 2 aromatic heterocycles. The number of fused-ring (bicyclic) bond motifs is 1. The van der Waals surface area contributed by atoms with Crippen molar-refractivity contribution in [2.24, 2.45) is 7.05 Å². The molecule has 0 aliphatic heterocycles. The van der Waals surface area contributed by atoms with Gasteiger partial charge in [0.1, 0.15) is 5.65 Å². The van der Waals surface area contributed by atoms with Gasteiger partial charge in [-0.25, -0.2) is 4.52 Å². The van der Waals surface area contributed by atoms with E-state index < -0.39 is 0 Å². The van der Waals surface area contributed by atoms with Crippen molar-refractivity contribution in [1.29, 1.82) is 0 Å². The Morgan fingerprint density at radius 3 is 2.91 bits per heavy atom. The predicted molar refractivity (Wildman–Crippen MR) is 43.5 cm³/mol. The minimum Gasteiger partial charge on any atom is -0.334 e. The van der Waals surface area contributed by atoms with Crippen LogP contribution in [0.2, 0.25) is 0 Å². The third-order valence-electron chi connectivity index (χ3n) is 1.92. The van der Waals surface area contributed by atoms with Crippen LogP contribution in [0.25, 0.3) is 5.65 Å². The Hall–Kier alpha value is -1.25. The van der Waals surface area contributed by atoms with Crippen molar-refractivity contribution in [3.63, 3.8) is 0 Å². The second kappa shape index (κ2) is 2.12. The Morgan fingerprint density at radius 2 is 2.27 bits per heavy atom. The zero-order valence-corrected chi connectivity index (χ0v) is 6.78. The summed E-state index contributed by atoms with van der Waals surface area (Å²) in [6.07, 6.45) is 4.97. The number of imidazole rings is 1.